The average molecular weight is 236 g/mol. The van der Waals surface area contributed by atoms with Gasteiger partial charge in [0.1, 0.15) is 0 Å². The van der Waals surface area contributed by atoms with Gasteiger partial charge in [0.2, 0.25) is 5.91 Å². The number of halogens is 3. The van der Waals surface area contributed by atoms with Crippen molar-refractivity contribution in [2.24, 2.45) is 5.41 Å². The van der Waals surface area contributed by atoms with Crippen molar-refractivity contribution in [1.29, 1.82) is 0 Å². The first-order chi connectivity index (χ1) is 7.29. The Morgan fingerprint density at radius 3 is 2.56 bits per heavy atom. The Labute approximate surface area is 92.1 Å². The monoisotopic (exact) mass is 236 g/mol. The summed E-state index contributed by atoms with van der Waals surface area (Å²) in [7, 11) is 0. The smallest absolute Gasteiger partial charge is 0.352 e. The van der Waals surface area contributed by atoms with Crippen LogP contribution in [0.15, 0.2) is 12.2 Å². The van der Waals surface area contributed by atoms with Crippen molar-refractivity contribution in [3.8, 4) is 0 Å². The molecule has 1 aliphatic rings. The molecule has 0 radical (unpaired) electrons. The summed E-state index contributed by atoms with van der Waals surface area (Å²) in [5.74, 6) is -0.965. The highest BCUT2D eigenvalue weighted by Crippen LogP contribution is 2.43. The van der Waals surface area contributed by atoms with Crippen LogP contribution in [0.4, 0.5) is 13.2 Å². The molecule has 2 N–H and O–H groups in total. The standard InChI is InChI=1S/C10H15F3N2O/c1-7(2)5-15-8(16)9(10(11,12)13)3-4-14-6-9/h14H,1,3-6H2,2H3,(H,15,16). The second-order valence-electron chi connectivity index (χ2n) is 4.15. The van der Waals surface area contributed by atoms with E-state index in [9.17, 15) is 18.0 Å². The Kier molecular flexibility index (Phi) is 3.62. The Balaban J connectivity index is 2.78. The molecular weight excluding hydrogens is 221 g/mol. The molecule has 1 amide bonds. The molecule has 0 aromatic carbocycles. The number of carbonyl (C=O) groups excluding carboxylic acids is 1. The minimum absolute atomic E-state index is 0.0800. The van der Waals surface area contributed by atoms with Gasteiger partial charge < -0.3 is 10.6 Å². The summed E-state index contributed by atoms with van der Waals surface area (Å²) in [4.78, 5) is 11.6. The number of alkyl halides is 3. The minimum Gasteiger partial charge on any atom is -0.352 e. The van der Waals surface area contributed by atoms with Gasteiger partial charge in [0.05, 0.1) is 0 Å². The lowest BCUT2D eigenvalue weighted by molar-refractivity contribution is -0.215. The zero-order valence-corrected chi connectivity index (χ0v) is 9.08. The molecule has 6 heteroatoms. The highest BCUT2D eigenvalue weighted by Gasteiger charge is 2.61. The van der Waals surface area contributed by atoms with Gasteiger partial charge in [0.25, 0.3) is 0 Å². The lowest BCUT2D eigenvalue weighted by Crippen LogP contribution is -2.52. The van der Waals surface area contributed by atoms with Gasteiger partial charge in [-0.1, -0.05) is 12.2 Å². The van der Waals surface area contributed by atoms with Gasteiger partial charge in [-0.25, -0.2) is 0 Å². The van der Waals surface area contributed by atoms with Crippen LogP contribution in [0.5, 0.6) is 0 Å². The minimum atomic E-state index is -4.52. The Hall–Kier alpha value is -1.04. The van der Waals surface area contributed by atoms with Gasteiger partial charge in [-0.3, -0.25) is 4.79 Å². The largest absolute Gasteiger partial charge is 0.404 e. The van der Waals surface area contributed by atoms with Gasteiger partial charge in [-0.2, -0.15) is 13.2 Å². The van der Waals surface area contributed by atoms with Crippen LogP contribution in [0.25, 0.3) is 0 Å². The summed E-state index contributed by atoms with van der Waals surface area (Å²) in [5.41, 5.74) is -1.65. The lowest BCUT2D eigenvalue weighted by Gasteiger charge is -2.29. The van der Waals surface area contributed by atoms with Gasteiger partial charge in [0.15, 0.2) is 5.41 Å². The molecule has 0 saturated carbocycles. The summed E-state index contributed by atoms with van der Waals surface area (Å²) in [6.07, 6.45) is -4.73. The SMILES string of the molecule is C=C(C)CNC(=O)C1(C(F)(F)F)CCNC1. The van der Waals surface area contributed by atoms with Crippen molar-refractivity contribution in [2.75, 3.05) is 19.6 Å². The third-order valence-electron chi connectivity index (χ3n) is 2.68. The van der Waals surface area contributed by atoms with Crippen molar-refractivity contribution in [1.82, 2.24) is 10.6 Å². The number of rotatable bonds is 3. The van der Waals surface area contributed by atoms with E-state index in [0.29, 0.717) is 5.57 Å². The molecule has 1 saturated heterocycles. The second-order valence-corrected chi connectivity index (χ2v) is 4.15. The van der Waals surface area contributed by atoms with Gasteiger partial charge in [-0.05, 0) is 19.9 Å². The number of nitrogens with one attached hydrogen (secondary N) is 2. The van der Waals surface area contributed by atoms with E-state index in [1.807, 2.05) is 0 Å². The Bertz CT molecular complexity index is 293. The van der Waals surface area contributed by atoms with E-state index in [2.05, 4.69) is 17.2 Å². The van der Waals surface area contributed by atoms with Crippen LogP contribution in [0, 0.1) is 5.41 Å². The summed E-state index contributed by atoms with van der Waals surface area (Å²) < 4.78 is 38.6. The molecule has 92 valence electrons. The molecule has 0 aliphatic carbocycles. The molecule has 1 unspecified atom stereocenters. The number of carbonyl (C=O) groups is 1. The predicted octanol–water partition coefficient (Wildman–Crippen LogP) is 1.22. The number of amides is 1. The zero-order chi connectivity index (χ0) is 12.4. The van der Waals surface area contributed by atoms with Crippen LogP contribution in [0.3, 0.4) is 0 Å². The third kappa shape index (κ3) is 2.37. The first-order valence-electron chi connectivity index (χ1n) is 5.00. The van der Waals surface area contributed by atoms with Crippen molar-refractivity contribution >= 4 is 5.91 Å². The van der Waals surface area contributed by atoms with Crippen LogP contribution in [-0.4, -0.2) is 31.7 Å². The van der Waals surface area contributed by atoms with Gasteiger partial charge in [0, 0.05) is 13.1 Å². The lowest BCUT2D eigenvalue weighted by atomic mass is 9.85. The van der Waals surface area contributed by atoms with E-state index < -0.39 is 17.5 Å². The van der Waals surface area contributed by atoms with Gasteiger partial charge >= 0.3 is 6.18 Å². The van der Waals surface area contributed by atoms with Crippen LogP contribution < -0.4 is 10.6 Å². The van der Waals surface area contributed by atoms with Crippen LogP contribution in [0.1, 0.15) is 13.3 Å². The van der Waals surface area contributed by atoms with Gasteiger partial charge in [-0.15, -0.1) is 0 Å². The van der Waals surface area contributed by atoms with E-state index in [0.717, 1.165) is 0 Å². The molecule has 3 nitrogen and oxygen atoms in total. The molecule has 1 fully saturated rings. The second kappa shape index (κ2) is 4.45. The molecule has 1 heterocycles. The van der Waals surface area contributed by atoms with Crippen LogP contribution in [-0.2, 0) is 4.79 Å². The fourth-order valence-corrected chi connectivity index (χ4v) is 1.66. The Morgan fingerprint density at radius 2 is 2.19 bits per heavy atom. The van der Waals surface area contributed by atoms with E-state index >= 15 is 0 Å². The number of hydrogen-bond acceptors (Lipinski definition) is 2. The molecule has 0 spiro atoms. The number of hydrogen-bond donors (Lipinski definition) is 2. The molecule has 16 heavy (non-hydrogen) atoms. The van der Waals surface area contributed by atoms with Crippen molar-refractivity contribution in [3.63, 3.8) is 0 Å². The summed E-state index contributed by atoms with van der Waals surface area (Å²) >= 11 is 0. The van der Waals surface area contributed by atoms with Crippen molar-refractivity contribution < 1.29 is 18.0 Å². The maximum absolute atomic E-state index is 12.9. The van der Waals surface area contributed by atoms with E-state index in [1.54, 1.807) is 6.92 Å². The molecule has 0 bridgehead atoms. The van der Waals surface area contributed by atoms with Crippen LogP contribution in [0.2, 0.25) is 0 Å². The summed E-state index contributed by atoms with van der Waals surface area (Å²) in [5, 5.41) is 4.86. The first kappa shape index (κ1) is 13.0. The molecule has 1 aliphatic heterocycles. The summed E-state index contributed by atoms with van der Waals surface area (Å²) in [6, 6.07) is 0. The maximum Gasteiger partial charge on any atom is 0.404 e. The molecule has 0 aromatic rings. The highest BCUT2D eigenvalue weighted by molar-refractivity contribution is 5.84. The van der Waals surface area contributed by atoms with Crippen molar-refractivity contribution in [3.05, 3.63) is 12.2 Å². The Morgan fingerprint density at radius 1 is 1.56 bits per heavy atom. The predicted molar refractivity (Wildman–Crippen MR) is 53.8 cm³/mol. The molecular formula is C10H15F3N2O. The highest BCUT2D eigenvalue weighted by atomic mass is 19.4. The topological polar surface area (TPSA) is 41.1 Å². The summed E-state index contributed by atoms with van der Waals surface area (Å²) in [6.45, 7) is 5.11. The quantitative estimate of drug-likeness (QED) is 0.723. The van der Waals surface area contributed by atoms with E-state index in [1.165, 1.54) is 0 Å². The molecule has 1 rings (SSSR count). The fraction of sp³-hybridized carbons (Fsp3) is 0.700. The van der Waals surface area contributed by atoms with E-state index in [-0.39, 0.29) is 26.1 Å². The molecule has 0 aromatic heterocycles. The normalized spacial score (nSPS) is 25.5. The molecule has 1 atom stereocenters. The van der Waals surface area contributed by atoms with Crippen molar-refractivity contribution in [2.45, 2.75) is 19.5 Å². The average Bonchev–Trinajstić information content (AvgIpc) is 2.62. The van der Waals surface area contributed by atoms with Crippen LogP contribution >= 0.6 is 0 Å². The first-order valence-corrected chi connectivity index (χ1v) is 5.00. The maximum atomic E-state index is 12.9. The van der Waals surface area contributed by atoms with E-state index in [4.69, 9.17) is 0 Å². The third-order valence-corrected chi connectivity index (χ3v) is 2.68. The fourth-order valence-electron chi connectivity index (χ4n) is 1.66. The zero-order valence-electron chi connectivity index (χ0n) is 9.08.